The number of esters is 1. The van der Waals surface area contributed by atoms with Crippen LogP contribution in [0.4, 0.5) is 5.69 Å². The van der Waals surface area contributed by atoms with Gasteiger partial charge in [-0.25, -0.2) is 0 Å². The number of halogens is 1. The van der Waals surface area contributed by atoms with Crippen molar-refractivity contribution in [1.82, 2.24) is 0 Å². The molecular formula is C17H18BrNO2. The molecule has 0 saturated carbocycles. The molecule has 2 aromatic carbocycles. The number of hydrogen-bond donors (Lipinski definition) is 1. The number of rotatable bonds is 5. The van der Waals surface area contributed by atoms with Gasteiger partial charge in [0, 0.05) is 16.7 Å². The molecule has 2 rings (SSSR count). The average Bonchev–Trinajstić information content (AvgIpc) is 2.52. The van der Waals surface area contributed by atoms with E-state index < -0.39 is 0 Å². The number of ether oxygens (including phenoxy) is 1. The quantitative estimate of drug-likeness (QED) is 0.826. The molecule has 0 heterocycles. The summed E-state index contributed by atoms with van der Waals surface area (Å²) < 4.78 is 5.93. The molecule has 2 aromatic rings. The molecule has 0 saturated heterocycles. The minimum atomic E-state index is -0.330. The highest BCUT2D eigenvalue weighted by Gasteiger charge is 2.21. The van der Waals surface area contributed by atoms with Crippen molar-refractivity contribution in [3.8, 4) is 0 Å². The summed E-state index contributed by atoms with van der Waals surface area (Å²) in [5.74, 6) is -0.568. The molecule has 21 heavy (non-hydrogen) atoms. The summed E-state index contributed by atoms with van der Waals surface area (Å²) in [5, 5.41) is 3.32. The predicted molar refractivity (Wildman–Crippen MR) is 88.6 cm³/mol. The van der Waals surface area contributed by atoms with Gasteiger partial charge < -0.3 is 10.1 Å². The maximum atomic E-state index is 12.0. The molecular weight excluding hydrogens is 330 g/mol. The van der Waals surface area contributed by atoms with Crippen LogP contribution in [0.5, 0.6) is 0 Å². The van der Waals surface area contributed by atoms with E-state index in [4.69, 9.17) is 4.74 Å². The summed E-state index contributed by atoms with van der Waals surface area (Å²) in [7, 11) is 1.42. The summed E-state index contributed by atoms with van der Waals surface area (Å²) in [4.78, 5) is 12.0. The Hall–Kier alpha value is -1.81. The minimum Gasteiger partial charge on any atom is -0.468 e. The van der Waals surface area contributed by atoms with Gasteiger partial charge in [-0.15, -0.1) is 0 Å². The third kappa shape index (κ3) is 3.85. The fourth-order valence-corrected chi connectivity index (χ4v) is 2.57. The molecule has 4 heteroatoms. The van der Waals surface area contributed by atoms with Gasteiger partial charge in [-0.3, -0.25) is 4.79 Å². The van der Waals surface area contributed by atoms with E-state index >= 15 is 0 Å². The monoisotopic (exact) mass is 347 g/mol. The Bertz CT molecular complexity index is 613. The Balaban J connectivity index is 2.17. The second-order valence-electron chi connectivity index (χ2n) is 4.80. The molecule has 110 valence electrons. The maximum Gasteiger partial charge on any atom is 0.314 e. The van der Waals surface area contributed by atoms with Gasteiger partial charge >= 0.3 is 5.97 Å². The third-order valence-corrected chi connectivity index (χ3v) is 4.43. The summed E-state index contributed by atoms with van der Waals surface area (Å²) in [6, 6.07) is 15.7. The minimum absolute atomic E-state index is 0.238. The maximum absolute atomic E-state index is 12.0. The molecule has 0 radical (unpaired) electrons. The SMILES string of the molecule is COC(=O)C(CNc1cccc(C)c1Br)c1ccccc1. The molecule has 3 nitrogen and oxygen atoms in total. The van der Waals surface area contributed by atoms with E-state index in [0.717, 1.165) is 21.3 Å². The van der Waals surface area contributed by atoms with Crippen LogP contribution >= 0.6 is 15.9 Å². The lowest BCUT2D eigenvalue weighted by Crippen LogP contribution is -2.22. The molecule has 0 aliphatic rings. The van der Waals surface area contributed by atoms with E-state index in [0.29, 0.717) is 6.54 Å². The normalized spacial score (nSPS) is 11.8. The van der Waals surface area contributed by atoms with Gasteiger partial charge in [-0.2, -0.15) is 0 Å². The molecule has 0 bridgehead atoms. The average molecular weight is 348 g/mol. The number of methoxy groups -OCH3 is 1. The van der Waals surface area contributed by atoms with E-state index in [1.54, 1.807) is 0 Å². The highest BCUT2D eigenvalue weighted by atomic mass is 79.9. The van der Waals surface area contributed by atoms with Crippen molar-refractivity contribution in [3.05, 3.63) is 64.1 Å². The zero-order valence-electron chi connectivity index (χ0n) is 12.1. The van der Waals surface area contributed by atoms with Crippen LogP contribution in [0.2, 0.25) is 0 Å². The fraction of sp³-hybridized carbons (Fsp3) is 0.235. The van der Waals surface area contributed by atoms with Gasteiger partial charge in [0.1, 0.15) is 0 Å². The van der Waals surface area contributed by atoms with E-state index in [2.05, 4.69) is 21.2 Å². The lowest BCUT2D eigenvalue weighted by atomic mass is 9.99. The van der Waals surface area contributed by atoms with Gasteiger partial charge in [0.25, 0.3) is 0 Å². The number of aryl methyl sites for hydroxylation is 1. The Morgan fingerprint density at radius 2 is 1.90 bits per heavy atom. The molecule has 1 unspecified atom stereocenters. The summed E-state index contributed by atoms with van der Waals surface area (Å²) in [5.41, 5.74) is 3.06. The van der Waals surface area contributed by atoms with Gasteiger partial charge in [-0.05, 0) is 40.0 Å². The number of nitrogens with one attached hydrogen (secondary N) is 1. The summed E-state index contributed by atoms with van der Waals surface area (Å²) in [6.45, 7) is 2.52. The molecule has 0 aromatic heterocycles. The molecule has 0 aliphatic carbocycles. The first-order valence-electron chi connectivity index (χ1n) is 6.75. The van der Waals surface area contributed by atoms with E-state index in [9.17, 15) is 4.79 Å². The van der Waals surface area contributed by atoms with E-state index in [1.807, 2.05) is 55.5 Å². The van der Waals surface area contributed by atoms with Gasteiger partial charge in [0.15, 0.2) is 0 Å². The first kappa shape index (κ1) is 15.6. The molecule has 0 fully saturated rings. The second-order valence-corrected chi connectivity index (χ2v) is 5.60. The van der Waals surface area contributed by atoms with Crippen molar-refractivity contribution < 1.29 is 9.53 Å². The predicted octanol–water partition coefficient (Wildman–Crippen LogP) is 4.13. The smallest absolute Gasteiger partial charge is 0.314 e. The fourth-order valence-electron chi connectivity index (χ4n) is 2.16. The molecule has 0 amide bonds. The van der Waals surface area contributed by atoms with Crippen LogP contribution < -0.4 is 5.32 Å². The highest BCUT2D eigenvalue weighted by molar-refractivity contribution is 9.10. The Morgan fingerprint density at radius 3 is 2.57 bits per heavy atom. The van der Waals surface area contributed by atoms with Crippen molar-refractivity contribution >= 4 is 27.6 Å². The summed E-state index contributed by atoms with van der Waals surface area (Å²) in [6.07, 6.45) is 0. The van der Waals surface area contributed by atoms with Crippen molar-refractivity contribution in [1.29, 1.82) is 0 Å². The van der Waals surface area contributed by atoms with E-state index in [-0.39, 0.29) is 11.9 Å². The number of benzene rings is 2. The third-order valence-electron chi connectivity index (χ3n) is 3.38. The van der Waals surface area contributed by atoms with Crippen molar-refractivity contribution in [2.75, 3.05) is 19.0 Å². The molecule has 1 atom stereocenters. The summed E-state index contributed by atoms with van der Waals surface area (Å²) >= 11 is 3.56. The lowest BCUT2D eigenvalue weighted by Gasteiger charge is -2.17. The topological polar surface area (TPSA) is 38.3 Å². The van der Waals surface area contributed by atoms with Crippen LogP contribution in [0, 0.1) is 6.92 Å². The number of carbonyl (C=O) groups excluding carboxylic acids is 1. The Kier molecular flexibility index (Phi) is 5.39. The zero-order valence-corrected chi connectivity index (χ0v) is 13.7. The molecule has 0 aliphatic heterocycles. The number of carbonyl (C=O) groups is 1. The van der Waals surface area contributed by atoms with E-state index in [1.165, 1.54) is 7.11 Å². The van der Waals surface area contributed by atoms with Crippen LogP contribution in [0.3, 0.4) is 0 Å². The molecule has 1 N–H and O–H groups in total. The van der Waals surface area contributed by atoms with Crippen LogP contribution in [-0.4, -0.2) is 19.6 Å². The largest absolute Gasteiger partial charge is 0.468 e. The van der Waals surface area contributed by atoms with Crippen LogP contribution in [0.1, 0.15) is 17.0 Å². The number of anilines is 1. The van der Waals surface area contributed by atoms with Gasteiger partial charge in [-0.1, -0.05) is 42.5 Å². The molecule has 0 spiro atoms. The zero-order chi connectivity index (χ0) is 15.2. The second kappa shape index (κ2) is 7.27. The van der Waals surface area contributed by atoms with Crippen LogP contribution in [-0.2, 0) is 9.53 Å². The van der Waals surface area contributed by atoms with Crippen molar-refractivity contribution in [3.63, 3.8) is 0 Å². The Morgan fingerprint density at radius 1 is 1.19 bits per heavy atom. The highest BCUT2D eigenvalue weighted by Crippen LogP contribution is 2.27. The lowest BCUT2D eigenvalue weighted by molar-refractivity contribution is -0.142. The first-order chi connectivity index (χ1) is 10.1. The van der Waals surface area contributed by atoms with Gasteiger partial charge in [0.05, 0.1) is 13.0 Å². The van der Waals surface area contributed by atoms with Crippen molar-refractivity contribution in [2.24, 2.45) is 0 Å². The van der Waals surface area contributed by atoms with Gasteiger partial charge in [0.2, 0.25) is 0 Å². The standard InChI is InChI=1S/C17H18BrNO2/c1-12-7-6-10-15(16(12)18)19-11-14(17(20)21-2)13-8-4-3-5-9-13/h3-10,14,19H,11H2,1-2H3. The first-order valence-corrected chi connectivity index (χ1v) is 7.54. The van der Waals surface area contributed by atoms with Crippen LogP contribution in [0.25, 0.3) is 0 Å². The Labute approximate surface area is 133 Å². The number of hydrogen-bond acceptors (Lipinski definition) is 3. The van der Waals surface area contributed by atoms with Crippen LogP contribution in [0.15, 0.2) is 53.0 Å². The van der Waals surface area contributed by atoms with Crippen molar-refractivity contribution in [2.45, 2.75) is 12.8 Å².